The summed E-state index contributed by atoms with van der Waals surface area (Å²) < 4.78 is 1.90. The highest BCUT2D eigenvalue weighted by atomic mass is 16.3. The Labute approximate surface area is 73.0 Å². The third-order valence-corrected chi connectivity index (χ3v) is 1.86. The molecule has 1 N–H and O–H groups in total. The number of aliphatic hydroxyl groups excluding tert-OH is 1. The van der Waals surface area contributed by atoms with Gasteiger partial charge < -0.3 is 5.11 Å². The molecule has 0 aliphatic carbocycles. The average Bonchev–Trinajstić information content (AvgIpc) is 2.48. The lowest BCUT2D eigenvalue weighted by molar-refractivity contribution is 0.185. The Morgan fingerprint density at radius 2 is 2.42 bits per heavy atom. The number of nitrogens with zero attached hydrogens (tertiary/aromatic N) is 2. The zero-order valence-corrected chi connectivity index (χ0v) is 7.70. The van der Waals surface area contributed by atoms with Gasteiger partial charge in [0.05, 0.1) is 12.3 Å². The van der Waals surface area contributed by atoms with Crippen molar-refractivity contribution < 1.29 is 5.11 Å². The lowest BCUT2D eigenvalue weighted by Gasteiger charge is -2.00. The Morgan fingerprint density at radius 1 is 1.67 bits per heavy atom. The molecule has 0 spiro atoms. The fourth-order valence-corrected chi connectivity index (χ4v) is 1.08. The van der Waals surface area contributed by atoms with Gasteiger partial charge in [-0.2, -0.15) is 5.10 Å². The van der Waals surface area contributed by atoms with Gasteiger partial charge in [-0.1, -0.05) is 0 Å². The number of rotatable bonds is 4. The second-order valence-corrected chi connectivity index (χ2v) is 3.09. The van der Waals surface area contributed by atoms with Crippen LogP contribution in [0.15, 0.2) is 12.4 Å². The Bertz CT molecular complexity index is 230. The average molecular weight is 168 g/mol. The van der Waals surface area contributed by atoms with Gasteiger partial charge >= 0.3 is 0 Å². The molecule has 3 nitrogen and oxygen atoms in total. The van der Waals surface area contributed by atoms with Gasteiger partial charge in [0.25, 0.3) is 0 Å². The van der Waals surface area contributed by atoms with E-state index in [9.17, 15) is 0 Å². The Hall–Kier alpha value is -0.830. The van der Waals surface area contributed by atoms with Crippen molar-refractivity contribution >= 4 is 0 Å². The molecular weight excluding hydrogens is 152 g/mol. The molecule has 1 heterocycles. The molecule has 12 heavy (non-hydrogen) atoms. The second-order valence-electron chi connectivity index (χ2n) is 3.09. The third kappa shape index (κ3) is 2.66. The van der Waals surface area contributed by atoms with Crippen molar-refractivity contribution in [1.29, 1.82) is 0 Å². The summed E-state index contributed by atoms with van der Waals surface area (Å²) >= 11 is 0. The van der Waals surface area contributed by atoms with Gasteiger partial charge in [0, 0.05) is 12.7 Å². The smallest absolute Gasteiger partial charge is 0.0521 e. The molecule has 1 atom stereocenters. The van der Waals surface area contributed by atoms with Gasteiger partial charge in [0.2, 0.25) is 0 Å². The van der Waals surface area contributed by atoms with Crippen LogP contribution in [0.2, 0.25) is 0 Å². The summed E-state index contributed by atoms with van der Waals surface area (Å²) in [7, 11) is 0. The van der Waals surface area contributed by atoms with Crippen molar-refractivity contribution in [2.75, 3.05) is 0 Å². The van der Waals surface area contributed by atoms with Crippen LogP contribution >= 0.6 is 0 Å². The summed E-state index contributed by atoms with van der Waals surface area (Å²) in [6.45, 7) is 4.78. The zero-order chi connectivity index (χ0) is 8.97. The SMILES string of the molecule is CCn1cc(CCC(C)O)cn1. The molecule has 0 saturated heterocycles. The molecule has 3 heteroatoms. The summed E-state index contributed by atoms with van der Waals surface area (Å²) in [6.07, 6.45) is 5.41. The van der Waals surface area contributed by atoms with E-state index >= 15 is 0 Å². The quantitative estimate of drug-likeness (QED) is 0.734. The molecule has 0 radical (unpaired) electrons. The molecule has 0 saturated carbocycles. The van der Waals surface area contributed by atoms with E-state index in [1.54, 1.807) is 0 Å². The fraction of sp³-hybridized carbons (Fsp3) is 0.667. The molecule has 1 aromatic rings. The topological polar surface area (TPSA) is 38.0 Å². The third-order valence-electron chi connectivity index (χ3n) is 1.86. The standard InChI is InChI=1S/C9H16N2O/c1-3-11-7-9(6-10-11)5-4-8(2)12/h6-8,12H,3-5H2,1-2H3. The number of aryl methyl sites for hydroxylation is 2. The minimum atomic E-state index is -0.213. The molecule has 68 valence electrons. The van der Waals surface area contributed by atoms with Crippen LogP contribution in [0.5, 0.6) is 0 Å². The minimum absolute atomic E-state index is 0.213. The van der Waals surface area contributed by atoms with E-state index in [1.165, 1.54) is 5.56 Å². The van der Waals surface area contributed by atoms with Crippen LogP contribution in [0.25, 0.3) is 0 Å². The molecule has 1 rings (SSSR count). The molecule has 1 aromatic heterocycles. The highest BCUT2D eigenvalue weighted by Crippen LogP contribution is 2.03. The maximum Gasteiger partial charge on any atom is 0.0521 e. The van der Waals surface area contributed by atoms with E-state index in [0.29, 0.717) is 0 Å². The molecule has 0 aliphatic heterocycles. The maximum absolute atomic E-state index is 9.05. The van der Waals surface area contributed by atoms with Gasteiger partial charge in [-0.05, 0) is 32.3 Å². The summed E-state index contributed by atoms with van der Waals surface area (Å²) in [5, 5.41) is 13.2. The minimum Gasteiger partial charge on any atom is -0.393 e. The highest BCUT2D eigenvalue weighted by Gasteiger charge is 1.99. The number of hydrogen-bond acceptors (Lipinski definition) is 2. The van der Waals surface area contributed by atoms with Crippen molar-refractivity contribution in [2.45, 2.75) is 39.3 Å². The van der Waals surface area contributed by atoms with Gasteiger partial charge in [0.15, 0.2) is 0 Å². The summed E-state index contributed by atoms with van der Waals surface area (Å²) in [6, 6.07) is 0. The summed E-state index contributed by atoms with van der Waals surface area (Å²) in [4.78, 5) is 0. The largest absolute Gasteiger partial charge is 0.393 e. The molecule has 0 aliphatic rings. The van der Waals surface area contributed by atoms with Crippen molar-refractivity contribution in [3.8, 4) is 0 Å². The van der Waals surface area contributed by atoms with Crippen molar-refractivity contribution in [3.05, 3.63) is 18.0 Å². The maximum atomic E-state index is 9.05. The predicted octanol–water partition coefficient (Wildman–Crippen LogP) is 1.22. The van der Waals surface area contributed by atoms with Crippen molar-refractivity contribution in [2.24, 2.45) is 0 Å². The summed E-state index contributed by atoms with van der Waals surface area (Å²) in [5.41, 5.74) is 1.21. The molecule has 0 amide bonds. The van der Waals surface area contributed by atoms with E-state index in [0.717, 1.165) is 19.4 Å². The van der Waals surface area contributed by atoms with Crippen LogP contribution in [0.3, 0.4) is 0 Å². The summed E-state index contributed by atoms with van der Waals surface area (Å²) in [5.74, 6) is 0. The molecule has 0 aromatic carbocycles. The number of aromatic nitrogens is 2. The first-order valence-corrected chi connectivity index (χ1v) is 4.41. The zero-order valence-electron chi connectivity index (χ0n) is 7.70. The van der Waals surface area contributed by atoms with Crippen LogP contribution < -0.4 is 0 Å². The van der Waals surface area contributed by atoms with Crippen molar-refractivity contribution in [1.82, 2.24) is 9.78 Å². The van der Waals surface area contributed by atoms with E-state index in [1.807, 2.05) is 24.0 Å². The number of aliphatic hydroxyl groups is 1. The Balaban J connectivity index is 2.41. The first-order chi connectivity index (χ1) is 5.72. The van der Waals surface area contributed by atoms with Gasteiger partial charge in [-0.25, -0.2) is 0 Å². The first-order valence-electron chi connectivity index (χ1n) is 4.41. The molecule has 1 unspecified atom stereocenters. The lowest BCUT2D eigenvalue weighted by Crippen LogP contribution is -2.00. The Kier molecular flexibility index (Phi) is 3.29. The molecule has 0 bridgehead atoms. The van der Waals surface area contributed by atoms with Crippen LogP contribution in [0, 0.1) is 0 Å². The van der Waals surface area contributed by atoms with Gasteiger partial charge in [0.1, 0.15) is 0 Å². The lowest BCUT2D eigenvalue weighted by atomic mass is 10.1. The van der Waals surface area contributed by atoms with E-state index in [4.69, 9.17) is 5.11 Å². The monoisotopic (exact) mass is 168 g/mol. The molecule has 0 fully saturated rings. The fourth-order valence-electron chi connectivity index (χ4n) is 1.08. The van der Waals surface area contributed by atoms with Gasteiger partial charge in [-0.3, -0.25) is 4.68 Å². The van der Waals surface area contributed by atoms with E-state index in [-0.39, 0.29) is 6.10 Å². The van der Waals surface area contributed by atoms with Crippen LogP contribution in [-0.4, -0.2) is 21.0 Å². The number of hydrogen-bond donors (Lipinski definition) is 1. The van der Waals surface area contributed by atoms with Crippen molar-refractivity contribution in [3.63, 3.8) is 0 Å². The van der Waals surface area contributed by atoms with Crippen LogP contribution in [0.4, 0.5) is 0 Å². The highest BCUT2D eigenvalue weighted by molar-refractivity contribution is 5.03. The Morgan fingerprint density at radius 3 is 2.92 bits per heavy atom. The molecular formula is C9H16N2O. The van der Waals surface area contributed by atoms with E-state index in [2.05, 4.69) is 12.0 Å². The first kappa shape index (κ1) is 9.26. The predicted molar refractivity (Wildman–Crippen MR) is 47.9 cm³/mol. The van der Waals surface area contributed by atoms with Crippen LogP contribution in [-0.2, 0) is 13.0 Å². The normalized spacial score (nSPS) is 13.2. The van der Waals surface area contributed by atoms with Crippen LogP contribution in [0.1, 0.15) is 25.8 Å². The second kappa shape index (κ2) is 4.26. The van der Waals surface area contributed by atoms with E-state index < -0.39 is 0 Å². The van der Waals surface area contributed by atoms with Gasteiger partial charge in [-0.15, -0.1) is 0 Å².